The van der Waals surface area contributed by atoms with Crippen LogP contribution in [-0.2, 0) is 28.5 Å². The number of rotatable bonds is 4. The SMILES string of the molecule is C[C@@H]1[C@H](O)[C@@H](C)/C=C/C=C/C=C/C=C/C=C/C=C/C=C/[C@H](OC2O[C@@H](C)[C@@H](O)C[C@@H]2O)C[C@@H]2O[C@](O)(C[C@@H](O)C[C@@H](O)[C@H](O)CC[C@@H](O)C[C@@H](O)CC(=O)O[C@H]1C)C[C@H](O)[C@H]2C(=O)NNC(=O)c1ccccc1. The van der Waals surface area contributed by atoms with Crippen LogP contribution >= 0.6 is 0 Å². The van der Waals surface area contributed by atoms with Crippen molar-refractivity contribution in [1.82, 2.24) is 10.9 Å². The first-order valence-corrected chi connectivity index (χ1v) is 25.0. The fourth-order valence-electron chi connectivity index (χ4n) is 8.74. The molecule has 0 aliphatic carbocycles. The standard InChI is InChI=1S/C54H78N2O17/c1-33-20-16-13-11-9-7-5-6-8-10-12-14-19-23-41(72-53-45(63)30-43(61)36(4)71-53)29-47-49(52(68)56-55-51(67)37-21-17-15-18-22-37)46(64)32-54(69,73-47)31-40(59)27-44(62)42(60)25-24-38(57)26-39(58)28-48(65)70-35(3)34(2)50(33)66/h5-23,33-36,38-47,49-50,53,57-64,66,69H,24-32H2,1-4H3,(H,55,67)(H,56,68)/b6-5+,9-7+,10-8+,13-11+,14-12+,20-16+,23-19+/t33-,34-,35-,36-,38+,39+,40-,41-,42+,43-,44+,45-,46-,47-,49+,50+,53?,54+/m0/s1. The van der Waals surface area contributed by atoms with Gasteiger partial charge >= 0.3 is 5.97 Å². The molecule has 2 fully saturated rings. The van der Waals surface area contributed by atoms with Crippen molar-refractivity contribution in [1.29, 1.82) is 0 Å². The number of fused-ring (bicyclic) bond motifs is 2. The zero-order chi connectivity index (χ0) is 53.7. The van der Waals surface area contributed by atoms with Crippen LogP contribution in [0.3, 0.4) is 0 Å². The molecule has 2 bridgehead atoms. The maximum atomic E-state index is 13.9. The van der Waals surface area contributed by atoms with Crippen LogP contribution in [0, 0.1) is 17.8 Å². The third-order valence-electron chi connectivity index (χ3n) is 13.2. The molecule has 3 aliphatic rings. The Bertz CT molecular complexity index is 2060. The number of benzene rings is 1. The van der Waals surface area contributed by atoms with E-state index in [0.29, 0.717) is 0 Å². The highest BCUT2D eigenvalue weighted by atomic mass is 16.7. The van der Waals surface area contributed by atoms with Gasteiger partial charge in [-0.1, -0.05) is 117 Å². The first-order valence-electron chi connectivity index (χ1n) is 25.0. The van der Waals surface area contributed by atoms with Gasteiger partial charge in [0.25, 0.3) is 5.91 Å². The topological polar surface area (TPSA) is 314 Å². The van der Waals surface area contributed by atoms with Gasteiger partial charge < -0.3 is 70.0 Å². The molecule has 0 saturated carbocycles. The lowest BCUT2D eigenvalue weighted by molar-refractivity contribution is -0.306. The number of ether oxygens (including phenoxy) is 4. The second kappa shape index (κ2) is 30.6. The molecule has 19 nitrogen and oxygen atoms in total. The van der Waals surface area contributed by atoms with Crippen molar-refractivity contribution < 1.29 is 84.4 Å². The number of aliphatic hydroxyl groups is 10. The van der Waals surface area contributed by atoms with Crippen LogP contribution in [-0.4, -0.2) is 160 Å². The number of carbonyl (C=O) groups excluding carboxylic acids is 3. The highest BCUT2D eigenvalue weighted by Crippen LogP contribution is 2.38. The summed E-state index contributed by atoms with van der Waals surface area (Å²) in [7, 11) is 0. The maximum Gasteiger partial charge on any atom is 0.308 e. The third-order valence-corrected chi connectivity index (χ3v) is 13.2. The third kappa shape index (κ3) is 20.9. The van der Waals surface area contributed by atoms with Gasteiger partial charge in [0.15, 0.2) is 12.1 Å². The summed E-state index contributed by atoms with van der Waals surface area (Å²) in [6.45, 7) is 6.82. The van der Waals surface area contributed by atoms with Crippen molar-refractivity contribution in [2.45, 2.75) is 177 Å². The molecule has 4 rings (SSSR count). The first-order chi connectivity index (χ1) is 34.7. The highest BCUT2D eigenvalue weighted by molar-refractivity contribution is 5.95. The van der Waals surface area contributed by atoms with E-state index in [0.717, 1.165) is 0 Å². The van der Waals surface area contributed by atoms with Crippen molar-refractivity contribution in [3.8, 4) is 0 Å². The van der Waals surface area contributed by atoms with Gasteiger partial charge in [0.05, 0.1) is 79.5 Å². The summed E-state index contributed by atoms with van der Waals surface area (Å²) in [5, 5.41) is 110. The zero-order valence-corrected chi connectivity index (χ0v) is 42.0. The van der Waals surface area contributed by atoms with Gasteiger partial charge in [-0.3, -0.25) is 25.2 Å². The van der Waals surface area contributed by atoms with E-state index in [1.165, 1.54) is 12.1 Å². The van der Waals surface area contributed by atoms with E-state index < -0.39 is 147 Å². The lowest BCUT2D eigenvalue weighted by Gasteiger charge is -2.45. The van der Waals surface area contributed by atoms with Crippen LogP contribution in [0.4, 0.5) is 0 Å². The molecule has 1 aromatic rings. The number of hydrazine groups is 1. The van der Waals surface area contributed by atoms with Gasteiger partial charge in [-0.05, 0) is 45.2 Å². The van der Waals surface area contributed by atoms with Crippen molar-refractivity contribution in [3.63, 3.8) is 0 Å². The van der Waals surface area contributed by atoms with E-state index in [9.17, 15) is 65.4 Å². The summed E-state index contributed by atoms with van der Waals surface area (Å²) in [6, 6.07) is 8.01. The number of esters is 1. The van der Waals surface area contributed by atoms with Crippen LogP contribution < -0.4 is 10.9 Å². The van der Waals surface area contributed by atoms with E-state index in [1.807, 2.05) is 37.3 Å². The average Bonchev–Trinajstić information content (AvgIpc) is 3.32. The van der Waals surface area contributed by atoms with Crippen LogP contribution in [0.2, 0.25) is 0 Å². The zero-order valence-electron chi connectivity index (χ0n) is 42.0. The largest absolute Gasteiger partial charge is 0.462 e. The lowest BCUT2D eigenvalue weighted by Crippen LogP contribution is -2.59. The molecule has 19 heteroatoms. The summed E-state index contributed by atoms with van der Waals surface area (Å²) in [6.07, 6.45) is 4.35. The molecule has 18 atom stereocenters. The number of cyclic esters (lactones) is 1. The minimum Gasteiger partial charge on any atom is -0.462 e. The van der Waals surface area contributed by atoms with Crippen LogP contribution in [0.1, 0.15) is 95.8 Å². The molecule has 2 saturated heterocycles. The first kappa shape index (κ1) is 60.8. The monoisotopic (exact) mass is 1030 g/mol. The predicted octanol–water partition coefficient (Wildman–Crippen LogP) is 2.15. The van der Waals surface area contributed by atoms with Gasteiger partial charge in [0.1, 0.15) is 12.2 Å². The van der Waals surface area contributed by atoms with E-state index in [1.54, 1.807) is 93.7 Å². The lowest BCUT2D eigenvalue weighted by atomic mass is 9.82. The van der Waals surface area contributed by atoms with Gasteiger partial charge in [-0.15, -0.1) is 0 Å². The molecular formula is C54H78N2O17. The summed E-state index contributed by atoms with van der Waals surface area (Å²) < 4.78 is 23.7. The Morgan fingerprint density at radius 1 is 0.616 bits per heavy atom. The van der Waals surface area contributed by atoms with Crippen LogP contribution in [0.25, 0.3) is 0 Å². The minimum atomic E-state index is -2.34. The van der Waals surface area contributed by atoms with Crippen molar-refractivity contribution in [2.75, 3.05) is 0 Å². The Kier molecular flexibility index (Phi) is 25.5. The quantitative estimate of drug-likeness (QED) is 0.152. The molecule has 2 amide bonds. The average molecular weight is 1030 g/mol. The van der Waals surface area contributed by atoms with Gasteiger partial charge in [-0.2, -0.15) is 0 Å². The van der Waals surface area contributed by atoms with Crippen LogP contribution in [0.15, 0.2) is 115 Å². The molecule has 1 aromatic carbocycles. The molecule has 406 valence electrons. The number of amides is 2. The number of carbonyl (C=O) groups is 3. The van der Waals surface area contributed by atoms with Crippen molar-refractivity contribution in [2.24, 2.45) is 17.8 Å². The second-order valence-electron chi connectivity index (χ2n) is 19.4. The van der Waals surface area contributed by atoms with Crippen LogP contribution in [0.5, 0.6) is 0 Å². The Hall–Kier alpha value is -4.71. The predicted molar refractivity (Wildman–Crippen MR) is 268 cm³/mol. The second-order valence-corrected chi connectivity index (χ2v) is 19.4. The smallest absolute Gasteiger partial charge is 0.308 e. The van der Waals surface area contributed by atoms with Crippen molar-refractivity contribution in [3.05, 3.63) is 121 Å². The molecule has 73 heavy (non-hydrogen) atoms. The number of hydrogen-bond acceptors (Lipinski definition) is 17. The molecule has 3 heterocycles. The minimum absolute atomic E-state index is 0.0726. The summed E-state index contributed by atoms with van der Waals surface area (Å²) in [5.74, 6) is -6.86. The van der Waals surface area contributed by atoms with E-state index >= 15 is 0 Å². The molecule has 0 radical (unpaired) electrons. The van der Waals surface area contributed by atoms with E-state index in [2.05, 4.69) is 10.9 Å². The Balaban J connectivity index is 1.60. The molecule has 0 aromatic heterocycles. The molecule has 0 spiro atoms. The molecule has 3 aliphatic heterocycles. The fraction of sp³-hybridized carbons (Fsp3) is 0.574. The number of hydrogen-bond donors (Lipinski definition) is 12. The summed E-state index contributed by atoms with van der Waals surface area (Å²) in [4.78, 5) is 39.5. The molecule has 1 unspecified atom stereocenters. The van der Waals surface area contributed by atoms with Crippen molar-refractivity contribution >= 4 is 17.8 Å². The Morgan fingerprint density at radius 3 is 1.85 bits per heavy atom. The van der Waals surface area contributed by atoms with E-state index in [-0.39, 0.29) is 43.6 Å². The van der Waals surface area contributed by atoms with Gasteiger partial charge in [-0.25, -0.2) is 0 Å². The molecular weight excluding hydrogens is 949 g/mol. The Labute approximate surface area is 427 Å². The maximum absolute atomic E-state index is 13.9. The summed E-state index contributed by atoms with van der Waals surface area (Å²) >= 11 is 0. The number of allylic oxidation sites excluding steroid dienone is 12. The highest BCUT2D eigenvalue weighted by Gasteiger charge is 2.50. The summed E-state index contributed by atoms with van der Waals surface area (Å²) in [5.41, 5.74) is 4.87. The fourth-order valence-corrected chi connectivity index (χ4v) is 8.74. The van der Waals surface area contributed by atoms with Gasteiger partial charge in [0.2, 0.25) is 5.91 Å². The van der Waals surface area contributed by atoms with E-state index in [4.69, 9.17) is 18.9 Å². The number of nitrogens with one attached hydrogen (secondary N) is 2. The molecule has 12 N–H and O–H groups in total. The normalized spacial score (nSPS) is 40.6. The number of aliphatic hydroxyl groups excluding tert-OH is 9. The van der Waals surface area contributed by atoms with Gasteiger partial charge in [0, 0.05) is 49.5 Å². The Morgan fingerprint density at radius 2 is 1.22 bits per heavy atom.